The Kier molecular flexibility index (Phi) is 11.8. The van der Waals surface area contributed by atoms with E-state index in [1.165, 1.54) is 12.4 Å². The maximum absolute atomic E-state index is 13.7. The number of nitrogens with zero attached hydrogens (tertiary/aromatic N) is 5. The van der Waals surface area contributed by atoms with Gasteiger partial charge in [0, 0.05) is 54.8 Å². The summed E-state index contributed by atoms with van der Waals surface area (Å²) in [4.78, 5) is 58.8. The monoisotopic (exact) mass is 747 g/mol. The van der Waals surface area contributed by atoms with Crippen LogP contribution in [0.3, 0.4) is 0 Å². The zero-order valence-electron chi connectivity index (χ0n) is 31.5. The molecule has 1 saturated heterocycles. The number of nitrogens with two attached hydrogens (primary N) is 1. The van der Waals surface area contributed by atoms with E-state index >= 15 is 0 Å². The maximum atomic E-state index is 13.7. The van der Waals surface area contributed by atoms with Crippen molar-refractivity contribution in [2.45, 2.75) is 83.6 Å². The number of aromatic nitrogens is 2. The number of allylic oxidation sites excluding steroid dienone is 1. The van der Waals surface area contributed by atoms with E-state index in [1.807, 2.05) is 13.8 Å². The van der Waals surface area contributed by atoms with Gasteiger partial charge in [-0.2, -0.15) is 0 Å². The predicted octanol–water partition coefficient (Wildman–Crippen LogP) is 0.734. The van der Waals surface area contributed by atoms with Crippen LogP contribution in [0.4, 0.5) is 5.95 Å². The molecule has 9 atom stereocenters. The van der Waals surface area contributed by atoms with Gasteiger partial charge in [-0.1, -0.05) is 26.0 Å². The van der Waals surface area contributed by atoms with Crippen LogP contribution in [-0.2, 0) is 23.9 Å². The first-order valence-electron chi connectivity index (χ1n) is 18.7. The lowest BCUT2D eigenvalue weighted by Gasteiger charge is -2.62. The van der Waals surface area contributed by atoms with Crippen molar-refractivity contribution in [3.05, 3.63) is 47.5 Å². The molecule has 16 nitrogen and oxygen atoms in total. The molecule has 6 rings (SSSR count). The molecule has 4 heterocycles. The highest BCUT2D eigenvalue weighted by Crippen LogP contribution is 2.62. The summed E-state index contributed by atoms with van der Waals surface area (Å²) in [5.74, 6) is -0.868. The SMILES string of the molecule is C=C1C(NC(C)C(=O)N2CCOCC2)CC2[C@](C)(CC[C@@H](O)[C@@]2(C)CO)C1CC(NC(C)C(=O)NC1=NCC=N1)C1=C/C(=C\c2cnc(N)nc2)OC1=O. The summed E-state index contributed by atoms with van der Waals surface area (Å²) in [6, 6.07) is -2.40. The molecule has 7 N–H and O–H groups in total. The summed E-state index contributed by atoms with van der Waals surface area (Å²) in [6.07, 6.45) is 9.16. The van der Waals surface area contributed by atoms with Crippen LogP contribution >= 0.6 is 0 Å². The Hall–Kier alpha value is -4.35. The van der Waals surface area contributed by atoms with E-state index < -0.39 is 41.0 Å². The summed E-state index contributed by atoms with van der Waals surface area (Å²) in [6.45, 7) is 14.4. The van der Waals surface area contributed by atoms with Gasteiger partial charge in [0.05, 0.1) is 50.1 Å². The molecule has 2 aliphatic carbocycles. The molecule has 6 unspecified atom stereocenters. The second kappa shape index (κ2) is 16.2. The number of hydrogen-bond acceptors (Lipinski definition) is 14. The lowest BCUT2D eigenvalue weighted by molar-refractivity contribution is -0.157. The van der Waals surface area contributed by atoms with Crippen LogP contribution in [-0.4, -0.2) is 125 Å². The van der Waals surface area contributed by atoms with Gasteiger partial charge in [-0.3, -0.25) is 25.5 Å². The van der Waals surface area contributed by atoms with E-state index in [2.05, 4.69) is 49.4 Å². The smallest absolute Gasteiger partial charge is 0.341 e. The Balaban J connectivity index is 1.35. The third kappa shape index (κ3) is 8.03. The van der Waals surface area contributed by atoms with Crippen molar-refractivity contribution in [1.82, 2.24) is 30.8 Å². The first-order valence-corrected chi connectivity index (χ1v) is 18.7. The van der Waals surface area contributed by atoms with Crippen LogP contribution < -0.4 is 21.7 Å². The fourth-order valence-corrected chi connectivity index (χ4v) is 8.98. The van der Waals surface area contributed by atoms with Gasteiger partial charge in [0.25, 0.3) is 0 Å². The number of hydrogen-bond donors (Lipinski definition) is 6. The van der Waals surface area contributed by atoms with Gasteiger partial charge in [0.1, 0.15) is 5.76 Å². The van der Waals surface area contributed by atoms with Crippen LogP contribution in [0.2, 0.25) is 0 Å². The van der Waals surface area contributed by atoms with Crippen LogP contribution in [0.25, 0.3) is 6.08 Å². The molecule has 0 bridgehead atoms. The van der Waals surface area contributed by atoms with Crippen molar-refractivity contribution >= 4 is 42.0 Å². The number of aliphatic hydroxyl groups excluding tert-OH is 2. The van der Waals surface area contributed by atoms with Crippen molar-refractivity contribution in [3.63, 3.8) is 0 Å². The van der Waals surface area contributed by atoms with Crippen LogP contribution in [0.1, 0.15) is 58.9 Å². The fourth-order valence-electron chi connectivity index (χ4n) is 8.98. The third-order valence-corrected chi connectivity index (χ3v) is 12.2. The number of rotatable bonds is 11. The largest absolute Gasteiger partial charge is 0.423 e. The number of nitrogens with one attached hydrogen (secondary N) is 3. The number of morpholine rings is 1. The van der Waals surface area contributed by atoms with Crippen LogP contribution in [0.5, 0.6) is 0 Å². The van der Waals surface area contributed by atoms with Crippen LogP contribution in [0, 0.1) is 22.7 Å². The minimum absolute atomic E-state index is 0.0372. The first-order chi connectivity index (χ1) is 25.7. The molecule has 3 fully saturated rings. The number of cyclic esters (lactones) is 1. The molecule has 3 aliphatic heterocycles. The van der Waals surface area contributed by atoms with Gasteiger partial charge in [-0.25, -0.2) is 24.7 Å². The Morgan fingerprint density at radius 1 is 1.19 bits per heavy atom. The van der Waals surface area contributed by atoms with Crippen molar-refractivity contribution in [2.75, 3.05) is 45.2 Å². The zero-order valence-corrected chi connectivity index (χ0v) is 31.5. The number of nitrogen functional groups attached to an aromatic ring is 1. The van der Waals surface area contributed by atoms with E-state index in [9.17, 15) is 24.6 Å². The number of carbonyl (C=O) groups excluding carboxylic acids is 3. The number of amides is 2. The van der Waals surface area contributed by atoms with E-state index in [0.717, 1.165) is 5.57 Å². The van der Waals surface area contributed by atoms with Gasteiger partial charge < -0.3 is 30.3 Å². The van der Waals surface area contributed by atoms with E-state index in [4.69, 9.17) is 15.2 Å². The molecule has 5 aliphatic rings. The third-order valence-electron chi connectivity index (χ3n) is 12.2. The molecular formula is C38H53N9O7. The summed E-state index contributed by atoms with van der Waals surface area (Å²) in [7, 11) is 0. The maximum Gasteiger partial charge on any atom is 0.341 e. The average molecular weight is 748 g/mol. The molecular weight excluding hydrogens is 694 g/mol. The topological polar surface area (TPSA) is 226 Å². The lowest BCUT2D eigenvalue weighted by atomic mass is 9.45. The number of fused-ring (bicyclic) bond motifs is 1. The number of ether oxygens (including phenoxy) is 2. The molecule has 292 valence electrons. The lowest BCUT2D eigenvalue weighted by Crippen LogP contribution is -2.63. The molecule has 2 saturated carbocycles. The highest BCUT2D eigenvalue weighted by molar-refractivity contribution is 6.04. The molecule has 0 radical (unpaired) electrons. The Labute approximate surface area is 315 Å². The molecule has 1 aromatic heterocycles. The van der Waals surface area contributed by atoms with E-state index in [1.54, 1.807) is 30.2 Å². The molecule has 0 spiro atoms. The Morgan fingerprint density at radius 3 is 2.57 bits per heavy atom. The minimum Gasteiger partial charge on any atom is -0.423 e. The van der Waals surface area contributed by atoms with Crippen LogP contribution in [0.15, 0.2) is 51.9 Å². The van der Waals surface area contributed by atoms with E-state index in [0.29, 0.717) is 69.7 Å². The second-order valence-corrected chi connectivity index (χ2v) is 15.6. The summed E-state index contributed by atoms with van der Waals surface area (Å²) < 4.78 is 11.2. The quantitative estimate of drug-likeness (QED) is 0.136. The summed E-state index contributed by atoms with van der Waals surface area (Å²) in [5.41, 5.74) is 6.08. The molecule has 0 aromatic carbocycles. The second-order valence-electron chi connectivity index (χ2n) is 15.6. The number of aliphatic hydroxyl groups is 2. The fraction of sp³-hybridized carbons (Fsp3) is 0.605. The Bertz CT molecular complexity index is 1740. The van der Waals surface area contributed by atoms with Crippen molar-refractivity contribution in [3.8, 4) is 0 Å². The van der Waals surface area contributed by atoms with Gasteiger partial charge in [0.2, 0.25) is 23.7 Å². The number of anilines is 1. The zero-order chi connectivity index (χ0) is 38.8. The molecule has 2 amide bonds. The molecule has 1 aromatic rings. The van der Waals surface area contributed by atoms with Crippen molar-refractivity contribution in [2.24, 2.45) is 32.7 Å². The normalized spacial score (nSPS) is 32.0. The predicted molar refractivity (Wildman–Crippen MR) is 202 cm³/mol. The van der Waals surface area contributed by atoms with Gasteiger partial charge in [0.15, 0.2) is 0 Å². The highest BCUT2D eigenvalue weighted by Gasteiger charge is 2.60. The van der Waals surface area contributed by atoms with Crippen molar-refractivity contribution < 1.29 is 34.1 Å². The summed E-state index contributed by atoms with van der Waals surface area (Å²) in [5, 5.41) is 31.9. The molecule has 16 heteroatoms. The highest BCUT2D eigenvalue weighted by atomic mass is 16.5. The number of guanidine groups is 1. The van der Waals surface area contributed by atoms with Gasteiger partial charge in [-0.05, 0) is 68.9 Å². The summed E-state index contributed by atoms with van der Waals surface area (Å²) >= 11 is 0. The number of aliphatic imine (C=N–C) groups is 2. The Morgan fingerprint density at radius 2 is 1.91 bits per heavy atom. The molecule has 54 heavy (non-hydrogen) atoms. The number of esters is 1. The first kappa shape index (κ1) is 39.3. The van der Waals surface area contributed by atoms with Crippen molar-refractivity contribution in [1.29, 1.82) is 0 Å². The van der Waals surface area contributed by atoms with Gasteiger partial charge in [-0.15, -0.1) is 0 Å². The number of carbonyl (C=O) groups is 3. The van der Waals surface area contributed by atoms with E-state index in [-0.39, 0.29) is 54.0 Å². The standard InChI is InChI=1S/C38H53N9O7/c1-21-27(37(4)7-6-31(49)38(5,20-48)30(37)17-28(21)45-23(3)33(51)47-10-12-53-13-11-47)16-29(44-22(2)32(50)46-36-40-8-9-41-36)26-15-25(54-34(26)52)14-24-18-42-35(39)43-19-24/h8,14-15,18-19,22-23,27-31,44-45,48-49H,1,6-7,9-13,16-17,20H2,2-5H3,(H2,39,42,43)(H,41,46,50)/b25-14+/t22?,23?,27?,28?,29?,30?,31-,37-,38+/m1/s1. The van der Waals surface area contributed by atoms with Gasteiger partial charge >= 0.3 is 5.97 Å². The average Bonchev–Trinajstić information content (AvgIpc) is 3.81. The minimum atomic E-state index is -0.843.